The molecule has 10 nitrogen and oxygen atoms in total. The van der Waals surface area contributed by atoms with Crippen molar-refractivity contribution in [1.82, 2.24) is 14.8 Å². The molecule has 0 radical (unpaired) electrons. The molecule has 3 heterocycles. The summed E-state index contributed by atoms with van der Waals surface area (Å²) >= 11 is 0. The van der Waals surface area contributed by atoms with Crippen LogP contribution in [0.4, 0.5) is 22.0 Å². The number of nitriles is 1. The van der Waals surface area contributed by atoms with Gasteiger partial charge in [0.25, 0.3) is 0 Å². The minimum Gasteiger partial charge on any atom is -0.440 e. The zero-order valence-corrected chi connectivity index (χ0v) is 25.3. The molecule has 0 bridgehead atoms. The lowest BCUT2D eigenvalue weighted by atomic mass is 9.93. The van der Waals surface area contributed by atoms with E-state index in [1.165, 1.54) is 56.4 Å². The minimum atomic E-state index is -4.00. The van der Waals surface area contributed by atoms with Gasteiger partial charge in [0.1, 0.15) is 23.3 Å². The van der Waals surface area contributed by atoms with Crippen LogP contribution in [0.2, 0.25) is 0 Å². The molecule has 6 rings (SSSR count). The summed E-state index contributed by atoms with van der Waals surface area (Å²) in [6.07, 6.45) is -3.03. The SMILES string of the molecule is Cc1nc(-c2ccc3c(c2)OC(F)(F)O3)c(-c2cc(-c3cc(F)c(CO)c(S(C)(=O)=O)c3)ccc2-c2cc(C(F)(F)C#N)nn2C)o1. The molecule has 0 amide bonds. The number of fused-ring (bicyclic) bond motifs is 1. The second-order valence-electron chi connectivity index (χ2n) is 10.6. The zero-order chi connectivity index (χ0) is 34.1. The molecule has 1 aliphatic heterocycles. The molecule has 0 spiro atoms. The summed E-state index contributed by atoms with van der Waals surface area (Å²) in [7, 11) is -2.63. The fourth-order valence-corrected chi connectivity index (χ4v) is 6.18. The number of ether oxygens (including phenoxy) is 2. The van der Waals surface area contributed by atoms with E-state index >= 15 is 4.39 Å². The number of aryl methyl sites for hydroxylation is 2. The van der Waals surface area contributed by atoms with Gasteiger partial charge in [0.05, 0.1) is 17.2 Å². The smallest absolute Gasteiger partial charge is 0.440 e. The summed E-state index contributed by atoms with van der Waals surface area (Å²) in [5.74, 6) is -5.27. The van der Waals surface area contributed by atoms with Gasteiger partial charge < -0.3 is 19.0 Å². The fraction of sp³-hybridized carbons (Fsp3) is 0.194. The van der Waals surface area contributed by atoms with Crippen LogP contribution < -0.4 is 9.47 Å². The van der Waals surface area contributed by atoms with Crippen molar-refractivity contribution in [2.24, 2.45) is 7.05 Å². The maximum absolute atomic E-state index is 15.1. The summed E-state index contributed by atoms with van der Waals surface area (Å²) in [4.78, 5) is 3.98. The van der Waals surface area contributed by atoms with E-state index in [9.17, 15) is 31.1 Å². The summed E-state index contributed by atoms with van der Waals surface area (Å²) in [6.45, 7) is 0.631. The van der Waals surface area contributed by atoms with Gasteiger partial charge in [-0.25, -0.2) is 17.8 Å². The van der Waals surface area contributed by atoms with Gasteiger partial charge in [-0.1, -0.05) is 12.1 Å². The van der Waals surface area contributed by atoms with Crippen LogP contribution in [0.3, 0.4) is 0 Å². The van der Waals surface area contributed by atoms with E-state index < -0.39 is 50.6 Å². The Labute approximate surface area is 263 Å². The van der Waals surface area contributed by atoms with Crippen LogP contribution in [-0.2, 0) is 29.4 Å². The van der Waals surface area contributed by atoms with Crippen molar-refractivity contribution in [2.75, 3.05) is 6.26 Å². The molecule has 0 saturated heterocycles. The first-order valence-corrected chi connectivity index (χ1v) is 15.4. The lowest BCUT2D eigenvalue weighted by Gasteiger charge is -2.14. The first kappa shape index (κ1) is 31.7. The molecule has 242 valence electrons. The molecule has 1 aliphatic rings. The number of hydrogen-bond acceptors (Lipinski definition) is 9. The Kier molecular flexibility index (Phi) is 7.37. The fourth-order valence-electron chi connectivity index (χ4n) is 5.23. The summed E-state index contributed by atoms with van der Waals surface area (Å²) in [6, 6.07) is 12.4. The predicted octanol–water partition coefficient (Wildman–Crippen LogP) is 6.36. The van der Waals surface area contributed by atoms with Gasteiger partial charge in [0.2, 0.25) is 0 Å². The van der Waals surface area contributed by atoms with Crippen LogP contribution >= 0.6 is 0 Å². The number of oxazole rings is 1. The van der Waals surface area contributed by atoms with Crippen LogP contribution in [0.25, 0.3) is 45.0 Å². The summed E-state index contributed by atoms with van der Waals surface area (Å²) < 4.78 is 112. The molecule has 3 aromatic carbocycles. The number of hydrogen-bond donors (Lipinski definition) is 1. The first-order chi connectivity index (χ1) is 22.0. The number of benzene rings is 3. The summed E-state index contributed by atoms with van der Waals surface area (Å²) in [5.41, 5.74) is -0.0790. The van der Waals surface area contributed by atoms with Gasteiger partial charge >= 0.3 is 12.2 Å². The van der Waals surface area contributed by atoms with E-state index in [1.54, 1.807) is 0 Å². The Hall–Kier alpha value is -5.27. The van der Waals surface area contributed by atoms with Crippen LogP contribution in [0.15, 0.2) is 63.9 Å². The Balaban J connectivity index is 1.60. The van der Waals surface area contributed by atoms with Gasteiger partial charge in [-0.3, -0.25) is 4.68 Å². The zero-order valence-electron chi connectivity index (χ0n) is 24.5. The van der Waals surface area contributed by atoms with E-state index in [2.05, 4.69) is 19.6 Å². The van der Waals surface area contributed by atoms with Gasteiger partial charge in [-0.15, -0.1) is 8.78 Å². The molecule has 47 heavy (non-hydrogen) atoms. The topological polar surface area (TPSA) is 140 Å². The highest BCUT2D eigenvalue weighted by Crippen LogP contribution is 2.46. The van der Waals surface area contributed by atoms with Crippen molar-refractivity contribution in [1.29, 1.82) is 5.26 Å². The highest BCUT2D eigenvalue weighted by atomic mass is 32.2. The molecular weight excluding hydrogens is 651 g/mol. The standard InChI is InChI=1S/C31H21F5N4O6S/c1-15-38-28(17-5-7-24-25(10-17)46-31(35,36)45-24)29(44-15)20-8-16(18-9-22(32)21(13-41)26(11-18)47(3,42)43)4-6-19(20)23-12-27(39-40(23)2)30(33,34)14-37/h4-12,41H,13H2,1-3H3. The maximum atomic E-state index is 15.1. The van der Waals surface area contributed by atoms with Crippen LogP contribution in [0, 0.1) is 24.1 Å². The Bertz CT molecular complexity index is 2240. The quantitative estimate of drug-likeness (QED) is 0.196. The molecule has 0 unspecified atom stereocenters. The molecule has 5 aromatic rings. The van der Waals surface area contributed by atoms with Crippen LogP contribution in [0.1, 0.15) is 17.1 Å². The molecule has 0 saturated carbocycles. The monoisotopic (exact) mass is 672 g/mol. The van der Waals surface area contributed by atoms with Crippen molar-refractivity contribution < 1.29 is 49.4 Å². The number of rotatable bonds is 7. The second-order valence-corrected chi connectivity index (χ2v) is 12.6. The Morgan fingerprint density at radius 3 is 2.38 bits per heavy atom. The van der Waals surface area contributed by atoms with Crippen LogP contribution in [-0.4, -0.2) is 40.8 Å². The summed E-state index contributed by atoms with van der Waals surface area (Å²) in [5, 5.41) is 22.4. The third kappa shape index (κ3) is 5.68. The highest BCUT2D eigenvalue weighted by molar-refractivity contribution is 7.90. The van der Waals surface area contributed by atoms with Crippen molar-refractivity contribution >= 4 is 9.84 Å². The van der Waals surface area contributed by atoms with E-state index in [1.807, 2.05) is 0 Å². The number of alkyl halides is 4. The third-order valence-electron chi connectivity index (χ3n) is 7.34. The van der Waals surface area contributed by atoms with Gasteiger partial charge in [0, 0.05) is 42.5 Å². The number of aliphatic hydroxyl groups is 1. The Morgan fingerprint density at radius 2 is 1.70 bits per heavy atom. The van der Waals surface area contributed by atoms with E-state index in [-0.39, 0.29) is 62.4 Å². The maximum Gasteiger partial charge on any atom is 0.586 e. The van der Waals surface area contributed by atoms with Crippen LogP contribution in [0.5, 0.6) is 11.5 Å². The van der Waals surface area contributed by atoms with Gasteiger partial charge in [0.15, 0.2) is 33.0 Å². The molecule has 0 fully saturated rings. The molecule has 0 atom stereocenters. The normalized spacial score (nSPS) is 14.0. The number of halogens is 5. The van der Waals surface area contributed by atoms with Crippen molar-refractivity contribution in [3.05, 3.63) is 77.6 Å². The van der Waals surface area contributed by atoms with E-state index in [0.717, 1.165) is 29.1 Å². The average Bonchev–Trinajstić information content (AvgIpc) is 3.68. The molecule has 0 aliphatic carbocycles. The lowest BCUT2D eigenvalue weighted by molar-refractivity contribution is -0.286. The van der Waals surface area contributed by atoms with Crippen molar-refractivity contribution in [3.63, 3.8) is 0 Å². The second kappa shape index (κ2) is 10.9. The lowest BCUT2D eigenvalue weighted by Crippen LogP contribution is -2.25. The van der Waals surface area contributed by atoms with Gasteiger partial charge in [-0.2, -0.15) is 19.1 Å². The first-order valence-electron chi connectivity index (χ1n) is 13.5. The number of nitrogens with zero attached hydrogens (tertiary/aromatic N) is 4. The van der Waals surface area contributed by atoms with E-state index in [0.29, 0.717) is 0 Å². The highest BCUT2D eigenvalue weighted by Gasteiger charge is 2.43. The average molecular weight is 673 g/mol. The molecular formula is C31H21F5N4O6S. The minimum absolute atomic E-state index is 0.0237. The molecule has 2 aromatic heterocycles. The van der Waals surface area contributed by atoms with Gasteiger partial charge in [-0.05, 0) is 53.6 Å². The largest absolute Gasteiger partial charge is 0.586 e. The number of aliphatic hydroxyl groups excluding tert-OH is 1. The Morgan fingerprint density at radius 1 is 1.00 bits per heavy atom. The molecule has 16 heteroatoms. The number of sulfone groups is 1. The van der Waals surface area contributed by atoms with Crippen molar-refractivity contribution in [2.45, 2.75) is 30.6 Å². The molecule has 1 N–H and O–H groups in total. The third-order valence-corrected chi connectivity index (χ3v) is 8.50. The van der Waals surface area contributed by atoms with E-state index in [4.69, 9.17) is 9.68 Å². The predicted molar refractivity (Wildman–Crippen MR) is 154 cm³/mol. The number of aromatic nitrogens is 3. The van der Waals surface area contributed by atoms with Crippen molar-refractivity contribution in [3.8, 4) is 62.5 Å².